The van der Waals surface area contributed by atoms with Crippen molar-refractivity contribution in [2.45, 2.75) is 297 Å². The van der Waals surface area contributed by atoms with Gasteiger partial charge in [0.25, 0.3) is 0 Å². The van der Waals surface area contributed by atoms with Crippen molar-refractivity contribution in [2.75, 3.05) is 13.2 Å². The van der Waals surface area contributed by atoms with Crippen LogP contribution in [0.2, 0.25) is 0 Å². The van der Waals surface area contributed by atoms with Gasteiger partial charge in [-0.25, -0.2) is 0 Å². The maximum Gasteiger partial charge on any atom is 0.306 e. The number of unbranched alkanes of at least 4 members (excludes halogenated alkanes) is 30. The molecule has 0 bridgehead atoms. The first kappa shape index (κ1) is 65.8. The van der Waals surface area contributed by atoms with E-state index in [1.165, 1.54) is 148 Å². The molecule has 0 heterocycles. The molecule has 398 valence electrons. The summed E-state index contributed by atoms with van der Waals surface area (Å²) >= 11 is 0. The van der Waals surface area contributed by atoms with Crippen LogP contribution >= 0.6 is 0 Å². The highest BCUT2D eigenvalue weighted by Gasteiger charge is 2.19. The van der Waals surface area contributed by atoms with Gasteiger partial charge in [0.1, 0.15) is 13.2 Å². The summed E-state index contributed by atoms with van der Waals surface area (Å²) < 4.78 is 16.9. The topological polar surface area (TPSA) is 78.9 Å². The summed E-state index contributed by atoms with van der Waals surface area (Å²) in [4.78, 5) is 38.2. The van der Waals surface area contributed by atoms with E-state index < -0.39 is 6.10 Å². The fraction of sp³-hybridized carbons (Fsp3) is 0.762. The predicted molar refractivity (Wildman–Crippen MR) is 298 cm³/mol. The molecule has 0 spiro atoms. The lowest BCUT2D eigenvalue weighted by molar-refractivity contribution is -0.167. The van der Waals surface area contributed by atoms with Gasteiger partial charge in [0.2, 0.25) is 0 Å². The molecule has 1 atom stereocenters. The summed E-state index contributed by atoms with van der Waals surface area (Å²) in [6.07, 6.45) is 73.2. The van der Waals surface area contributed by atoms with Crippen molar-refractivity contribution < 1.29 is 28.6 Å². The number of allylic oxidation sites excluding steroid dienone is 12. The lowest BCUT2D eigenvalue weighted by Gasteiger charge is -2.18. The Bertz CT molecular complexity index is 1290. The van der Waals surface area contributed by atoms with Crippen LogP contribution in [0.25, 0.3) is 0 Å². The second-order valence-corrected chi connectivity index (χ2v) is 19.5. The normalized spacial score (nSPS) is 12.6. The van der Waals surface area contributed by atoms with Crippen molar-refractivity contribution in [2.24, 2.45) is 0 Å². The highest BCUT2D eigenvalue weighted by molar-refractivity contribution is 5.71. The molecule has 1 unspecified atom stereocenters. The van der Waals surface area contributed by atoms with Crippen molar-refractivity contribution in [1.82, 2.24) is 0 Å². The largest absolute Gasteiger partial charge is 0.462 e. The lowest BCUT2D eigenvalue weighted by atomic mass is 10.0. The maximum atomic E-state index is 12.9. The molecule has 0 saturated carbocycles. The second kappa shape index (κ2) is 57.4. The van der Waals surface area contributed by atoms with E-state index in [1.807, 2.05) is 0 Å². The van der Waals surface area contributed by atoms with Crippen LogP contribution in [0.5, 0.6) is 0 Å². The third-order valence-corrected chi connectivity index (χ3v) is 12.7. The van der Waals surface area contributed by atoms with Crippen molar-refractivity contribution in [1.29, 1.82) is 0 Å². The third-order valence-electron chi connectivity index (χ3n) is 12.7. The average Bonchev–Trinajstić information content (AvgIpc) is 3.35. The van der Waals surface area contributed by atoms with Crippen molar-refractivity contribution in [3.8, 4) is 0 Å². The predicted octanol–water partition coefficient (Wildman–Crippen LogP) is 19.8. The minimum Gasteiger partial charge on any atom is -0.462 e. The molecule has 0 aliphatic carbocycles. The van der Waals surface area contributed by atoms with Gasteiger partial charge in [-0.3, -0.25) is 14.4 Å². The van der Waals surface area contributed by atoms with E-state index in [-0.39, 0.29) is 31.1 Å². The summed E-state index contributed by atoms with van der Waals surface area (Å²) in [5, 5.41) is 0. The molecular weight excluding hydrogens is 853 g/mol. The molecule has 0 N–H and O–H groups in total. The van der Waals surface area contributed by atoms with E-state index in [9.17, 15) is 14.4 Å². The fourth-order valence-corrected chi connectivity index (χ4v) is 8.29. The highest BCUT2D eigenvalue weighted by atomic mass is 16.6. The summed E-state index contributed by atoms with van der Waals surface area (Å²) in [5.41, 5.74) is 0. The molecule has 6 heteroatoms. The van der Waals surface area contributed by atoms with Gasteiger partial charge < -0.3 is 14.2 Å². The Kier molecular flexibility index (Phi) is 54.8. The number of esters is 3. The first-order valence-electron chi connectivity index (χ1n) is 29.4. The van der Waals surface area contributed by atoms with E-state index in [1.54, 1.807) is 0 Å². The van der Waals surface area contributed by atoms with E-state index >= 15 is 0 Å². The maximum absolute atomic E-state index is 12.9. The first-order chi connectivity index (χ1) is 34.0. The Balaban J connectivity index is 4.42. The lowest BCUT2D eigenvalue weighted by Crippen LogP contribution is -2.30. The molecule has 0 aromatic heterocycles. The van der Waals surface area contributed by atoms with Gasteiger partial charge in [-0.05, 0) is 89.9 Å². The molecular formula is C63H110O6. The van der Waals surface area contributed by atoms with Gasteiger partial charge in [0.05, 0.1) is 0 Å². The van der Waals surface area contributed by atoms with Crippen LogP contribution in [0.4, 0.5) is 0 Å². The van der Waals surface area contributed by atoms with Gasteiger partial charge in [0.15, 0.2) is 6.10 Å². The Hall–Kier alpha value is -3.15. The van der Waals surface area contributed by atoms with Crippen LogP contribution in [0, 0.1) is 0 Å². The minimum absolute atomic E-state index is 0.0881. The number of hydrogen-bond acceptors (Lipinski definition) is 6. The smallest absolute Gasteiger partial charge is 0.306 e. The zero-order chi connectivity index (χ0) is 50.0. The van der Waals surface area contributed by atoms with Crippen molar-refractivity contribution in [3.05, 3.63) is 72.9 Å². The number of carbonyl (C=O) groups is 3. The van der Waals surface area contributed by atoms with Crippen LogP contribution < -0.4 is 0 Å². The fourth-order valence-electron chi connectivity index (χ4n) is 8.29. The van der Waals surface area contributed by atoms with E-state index in [4.69, 9.17) is 14.2 Å². The Morgan fingerprint density at radius 2 is 0.565 bits per heavy atom. The molecule has 0 aromatic rings. The molecule has 0 aromatic carbocycles. The number of ether oxygens (including phenoxy) is 3. The van der Waals surface area contributed by atoms with E-state index in [0.717, 1.165) is 103 Å². The zero-order valence-electron chi connectivity index (χ0n) is 45.6. The van der Waals surface area contributed by atoms with Crippen molar-refractivity contribution in [3.63, 3.8) is 0 Å². The monoisotopic (exact) mass is 963 g/mol. The molecule has 0 rings (SSSR count). The van der Waals surface area contributed by atoms with Crippen LogP contribution in [0.15, 0.2) is 72.9 Å². The molecule has 0 aliphatic heterocycles. The van der Waals surface area contributed by atoms with Gasteiger partial charge in [0, 0.05) is 19.3 Å². The molecule has 6 nitrogen and oxygen atoms in total. The van der Waals surface area contributed by atoms with E-state index in [0.29, 0.717) is 19.3 Å². The Morgan fingerprint density at radius 1 is 0.304 bits per heavy atom. The Morgan fingerprint density at radius 3 is 0.913 bits per heavy atom. The van der Waals surface area contributed by atoms with Gasteiger partial charge in [-0.2, -0.15) is 0 Å². The number of carbonyl (C=O) groups excluding carboxylic acids is 3. The molecule has 0 radical (unpaired) electrons. The molecule has 0 fully saturated rings. The van der Waals surface area contributed by atoms with E-state index in [2.05, 4.69) is 93.7 Å². The molecule has 0 saturated heterocycles. The quantitative estimate of drug-likeness (QED) is 0.0262. The summed E-state index contributed by atoms with van der Waals surface area (Å²) in [5.74, 6) is -0.917. The van der Waals surface area contributed by atoms with Crippen molar-refractivity contribution >= 4 is 17.9 Å². The summed E-state index contributed by atoms with van der Waals surface area (Å²) in [6, 6.07) is 0. The number of hydrogen-bond donors (Lipinski definition) is 0. The Labute approximate surface area is 427 Å². The van der Waals surface area contributed by atoms with Crippen LogP contribution in [-0.2, 0) is 28.6 Å². The summed E-state index contributed by atoms with van der Waals surface area (Å²) in [7, 11) is 0. The SMILES string of the molecule is CC/C=C\C/C=C\C/C=C\C/C=C\C/C=C\CCCCCC(=O)OCC(COC(=O)CCCCCCC/C=C\CCCCCCC)OC(=O)CCCCCCCCCCCCCCCCCCCC. The highest BCUT2D eigenvalue weighted by Crippen LogP contribution is 2.16. The van der Waals surface area contributed by atoms with Gasteiger partial charge in [-0.15, -0.1) is 0 Å². The standard InChI is InChI=1S/C63H110O6/c1-4-7-10-13-16-19-22-25-28-30-32-34-35-38-41-44-47-50-53-56-62(65)68-59-60(58-67-61(64)55-52-49-46-43-40-37-27-24-21-18-15-12-9-6-3)69-63(66)57-54-51-48-45-42-39-36-33-31-29-26-23-20-17-14-11-8-5-2/h7,10,16,19,24-25,27-28,32,34,38,41,60H,4-6,8-9,11-15,17-18,20-23,26,29-31,33,35-37,39-40,42-59H2,1-3H3/b10-7-,19-16-,27-24-,28-25-,34-32-,41-38-. The summed E-state index contributed by atoms with van der Waals surface area (Å²) in [6.45, 7) is 6.51. The minimum atomic E-state index is -0.791. The number of rotatable bonds is 53. The molecule has 0 amide bonds. The van der Waals surface area contributed by atoms with Gasteiger partial charge >= 0.3 is 17.9 Å². The second-order valence-electron chi connectivity index (χ2n) is 19.5. The van der Waals surface area contributed by atoms with Gasteiger partial charge in [-0.1, -0.05) is 254 Å². The molecule has 0 aliphatic rings. The first-order valence-corrected chi connectivity index (χ1v) is 29.4. The molecule has 69 heavy (non-hydrogen) atoms. The van der Waals surface area contributed by atoms with Crippen LogP contribution in [0.1, 0.15) is 290 Å². The van der Waals surface area contributed by atoms with Crippen LogP contribution in [0.3, 0.4) is 0 Å². The zero-order valence-corrected chi connectivity index (χ0v) is 45.6. The van der Waals surface area contributed by atoms with Crippen LogP contribution in [-0.4, -0.2) is 37.2 Å². The third kappa shape index (κ3) is 55.6. The average molecular weight is 964 g/mol.